The second-order valence-corrected chi connectivity index (χ2v) is 9.28. The van der Waals surface area contributed by atoms with Gasteiger partial charge in [0.05, 0.1) is 24.1 Å². The van der Waals surface area contributed by atoms with Crippen LogP contribution in [0.2, 0.25) is 5.02 Å². The lowest BCUT2D eigenvalue weighted by atomic mass is 9.85. The van der Waals surface area contributed by atoms with Crippen LogP contribution in [0.4, 0.5) is 5.69 Å². The molecule has 0 fully saturated rings. The number of aliphatic hydroxyl groups is 1. The lowest BCUT2D eigenvalue weighted by Crippen LogP contribution is -2.47. The first-order valence-corrected chi connectivity index (χ1v) is 11.3. The number of halogens is 1. The van der Waals surface area contributed by atoms with Crippen LogP contribution < -0.4 is 20.9 Å². The van der Waals surface area contributed by atoms with Crippen LogP contribution in [0.5, 0.6) is 5.75 Å². The molecule has 0 radical (unpaired) electrons. The molecule has 0 saturated carbocycles. The number of ether oxygens (including phenoxy) is 1. The summed E-state index contributed by atoms with van der Waals surface area (Å²) in [4.78, 5) is 38.6. The van der Waals surface area contributed by atoms with Gasteiger partial charge < -0.3 is 20.5 Å². The Morgan fingerprint density at radius 2 is 1.83 bits per heavy atom. The van der Waals surface area contributed by atoms with Gasteiger partial charge in [-0.15, -0.1) is 0 Å². The summed E-state index contributed by atoms with van der Waals surface area (Å²) >= 11 is 6.00. The summed E-state index contributed by atoms with van der Waals surface area (Å²) in [6, 6.07) is 13.7. The third-order valence-electron chi connectivity index (χ3n) is 5.90. The van der Waals surface area contributed by atoms with Crippen molar-refractivity contribution in [2.45, 2.75) is 26.9 Å². The van der Waals surface area contributed by atoms with E-state index in [4.69, 9.17) is 16.3 Å². The number of para-hydroxylation sites is 1. The van der Waals surface area contributed by atoms with Gasteiger partial charge in [-0.2, -0.15) is 0 Å². The van der Waals surface area contributed by atoms with Crippen LogP contribution in [-0.4, -0.2) is 46.0 Å². The Bertz CT molecular complexity index is 1300. The molecule has 2 amide bonds. The molecular weight excluding hydrogens is 472 g/mol. The molecule has 0 spiro atoms. The Morgan fingerprint density at radius 1 is 1.17 bits per heavy atom. The van der Waals surface area contributed by atoms with E-state index in [1.54, 1.807) is 56.8 Å². The highest BCUT2D eigenvalue weighted by Crippen LogP contribution is 2.25. The van der Waals surface area contributed by atoms with E-state index in [1.807, 2.05) is 18.2 Å². The van der Waals surface area contributed by atoms with Crippen molar-refractivity contribution in [1.82, 2.24) is 14.7 Å². The lowest BCUT2D eigenvalue weighted by Gasteiger charge is -2.29. The highest BCUT2D eigenvalue weighted by atomic mass is 35.5. The molecule has 1 unspecified atom stereocenters. The molecule has 35 heavy (non-hydrogen) atoms. The number of hydrogen-bond acceptors (Lipinski definition) is 5. The average Bonchev–Trinajstić information content (AvgIpc) is 3.05. The van der Waals surface area contributed by atoms with Gasteiger partial charge in [-0.3, -0.25) is 19.1 Å². The number of methoxy groups -OCH3 is 1. The first kappa shape index (κ1) is 26.1. The molecule has 0 aliphatic carbocycles. The number of hydrogen-bond donors (Lipinski definition) is 3. The Hall–Kier alpha value is -3.56. The van der Waals surface area contributed by atoms with Crippen LogP contribution in [0.15, 0.2) is 53.3 Å². The molecule has 2 aromatic carbocycles. The second-order valence-electron chi connectivity index (χ2n) is 8.84. The fourth-order valence-electron chi connectivity index (χ4n) is 3.62. The largest absolute Gasteiger partial charge is 0.496 e. The molecule has 1 atom stereocenters. The van der Waals surface area contributed by atoms with Gasteiger partial charge in [-0.25, -0.2) is 4.68 Å². The van der Waals surface area contributed by atoms with E-state index in [2.05, 4.69) is 10.6 Å². The SMILES string of the molecule is COc1ccc(Cl)cc1C(=O)NCC(C)(C)C(O)C(=O)Nc1c(C)n(C)n(-c2ccccc2)c1=O. The minimum atomic E-state index is -1.52. The molecule has 1 heterocycles. The van der Waals surface area contributed by atoms with E-state index < -0.39 is 28.9 Å². The Labute approximate surface area is 208 Å². The number of carbonyl (C=O) groups is 2. The van der Waals surface area contributed by atoms with Gasteiger partial charge >= 0.3 is 0 Å². The highest BCUT2D eigenvalue weighted by molar-refractivity contribution is 6.31. The maximum atomic E-state index is 13.0. The Morgan fingerprint density at radius 3 is 2.46 bits per heavy atom. The topological polar surface area (TPSA) is 115 Å². The molecule has 3 aromatic rings. The number of amides is 2. The number of anilines is 1. The molecule has 3 rings (SSSR count). The smallest absolute Gasteiger partial charge is 0.295 e. The number of benzene rings is 2. The summed E-state index contributed by atoms with van der Waals surface area (Å²) in [5.74, 6) is -0.873. The van der Waals surface area contributed by atoms with E-state index in [1.165, 1.54) is 17.9 Å². The van der Waals surface area contributed by atoms with Crippen LogP contribution in [0, 0.1) is 12.3 Å². The minimum Gasteiger partial charge on any atom is -0.496 e. The molecule has 9 nitrogen and oxygen atoms in total. The van der Waals surface area contributed by atoms with Crippen LogP contribution in [0.1, 0.15) is 29.9 Å². The third-order valence-corrected chi connectivity index (χ3v) is 6.14. The first-order valence-electron chi connectivity index (χ1n) is 10.9. The molecule has 0 aliphatic heterocycles. The zero-order chi connectivity index (χ0) is 25.9. The Kier molecular flexibility index (Phi) is 7.72. The van der Waals surface area contributed by atoms with Crippen LogP contribution >= 0.6 is 11.6 Å². The normalized spacial score (nSPS) is 12.2. The number of aliphatic hydroxyl groups excluding tert-OH is 1. The van der Waals surface area contributed by atoms with Crippen molar-refractivity contribution < 1.29 is 19.4 Å². The molecule has 0 aliphatic rings. The molecule has 186 valence electrons. The summed E-state index contributed by atoms with van der Waals surface area (Å²) in [5.41, 5.74) is -0.00899. The van der Waals surface area contributed by atoms with Gasteiger partial charge in [0.1, 0.15) is 17.5 Å². The average molecular weight is 501 g/mol. The fraction of sp³-hybridized carbons (Fsp3) is 0.320. The monoisotopic (exact) mass is 500 g/mol. The van der Waals surface area contributed by atoms with Crippen molar-refractivity contribution in [3.63, 3.8) is 0 Å². The van der Waals surface area contributed by atoms with Crippen molar-refractivity contribution in [2.75, 3.05) is 19.0 Å². The summed E-state index contributed by atoms with van der Waals surface area (Å²) < 4.78 is 8.26. The zero-order valence-corrected chi connectivity index (χ0v) is 21.0. The summed E-state index contributed by atoms with van der Waals surface area (Å²) in [6.45, 7) is 4.93. The van der Waals surface area contributed by atoms with Crippen LogP contribution in [-0.2, 0) is 11.8 Å². The molecule has 1 aromatic heterocycles. The number of carbonyl (C=O) groups excluding carboxylic acids is 2. The third kappa shape index (κ3) is 5.41. The second kappa shape index (κ2) is 10.4. The summed E-state index contributed by atoms with van der Waals surface area (Å²) in [7, 11) is 3.15. The van der Waals surface area contributed by atoms with Crippen LogP contribution in [0.3, 0.4) is 0 Å². The zero-order valence-electron chi connectivity index (χ0n) is 20.3. The summed E-state index contributed by atoms with van der Waals surface area (Å²) in [6.07, 6.45) is -1.52. The standard InChI is InChI=1S/C25H29ClN4O5/c1-15-20(24(34)30(29(15)4)17-9-7-6-8-10-17)28-23(33)21(31)25(2,3)14-27-22(32)18-13-16(26)11-12-19(18)35-5/h6-13,21,31H,14H2,1-5H3,(H,27,32)(H,28,33). The molecular formula is C25H29ClN4O5. The van der Waals surface area contributed by atoms with Crippen LogP contribution in [0.25, 0.3) is 5.69 Å². The van der Waals surface area contributed by atoms with Gasteiger partial charge in [0.25, 0.3) is 17.4 Å². The fourth-order valence-corrected chi connectivity index (χ4v) is 3.79. The van der Waals surface area contributed by atoms with Gasteiger partial charge in [-0.05, 0) is 37.3 Å². The quantitative estimate of drug-likeness (QED) is 0.440. The number of rotatable bonds is 8. The van der Waals surface area contributed by atoms with E-state index in [0.717, 1.165) is 0 Å². The van der Waals surface area contributed by atoms with Crippen molar-refractivity contribution >= 4 is 29.1 Å². The van der Waals surface area contributed by atoms with Crippen molar-refractivity contribution in [3.05, 3.63) is 75.2 Å². The van der Waals surface area contributed by atoms with E-state index in [-0.39, 0.29) is 17.8 Å². The highest BCUT2D eigenvalue weighted by Gasteiger charge is 2.35. The maximum absolute atomic E-state index is 13.0. The lowest BCUT2D eigenvalue weighted by molar-refractivity contribution is -0.129. The molecule has 0 bridgehead atoms. The van der Waals surface area contributed by atoms with Gasteiger partial charge in [0.2, 0.25) is 0 Å². The predicted molar refractivity (Wildman–Crippen MR) is 135 cm³/mol. The van der Waals surface area contributed by atoms with Gasteiger partial charge in [0, 0.05) is 24.0 Å². The predicted octanol–water partition coefficient (Wildman–Crippen LogP) is 2.90. The first-order chi connectivity index (χ1) is 16.5. The van der Waals surface area contributed by atoms with Crippen molar-refractivity contribution in [1.29, 1.82) is 0 Å². The van der Waals surface area contributed by atoms with Gasteiger partial charge in [0.15, 0.2) is 0 Å². The number of aromatic nitrogens is 2. The van der Waals surface area contributed by atoms with Gasteiger partial charge in [-0.1, -0.05) is 43.6 Å². The number of nitrogens with zero attached hydrogens (tertiary/aromatic N) is 2. The summed E-state index contributed by atoms with van der Waals surface area (Å²) in [5, 5.41) is 16.4. The Balaban J connectivity index is 1.75. The van der Waals surface area contributed by atoms with E-state index >= 15 is 0 Å². The molecule has 0 saturated heterocycles. The molecule has 3 N–H and O–H groups in total. The van der Waals surface area contributed by atoms with Crippen molar-refractivity contribution in [2.24, 2.45) is 12.5 Å². The maximum Gasteiger partial charge on any atom is 0.295 e. The number of nitrogens with one attached hydrogen (secondary N) is 2. The van der Waals surface area contributed by atoms with E-state index in [0.29, 0.717) is 22.2 Å². The minimum absolute atomic E-state index is 0.0297. The van der Waals surface area contributed by atoms with Crippen molar-refractivity contribution in [3.8, 4) is 11.4 Å². The molecule has 10 heteroatoms. The van der Waals surface area contributed by atoms with E-state index in [9.17, 15) is 19.5 Å².